The van der Waals surface area contributed by atoms with Gasteiger partial charge in [-0.25, -0.2) is 9.59 Å². The number of benzene rings is 1. The van der Waals surface area contributed by atoms with Crippen molar-refractivity contribution >= 4 is 41.1 Å². The monoisotopic (exact) mass is 517 g/mol. The van der Waals surface area contributed by atoms with Crippen LogP contribution in [0.4, 0.5) is 4.79 Å². The minimum Gasteiger partial charge on any atom is -0.492 e. The molecule has 194 valence electrons. The van der Waals surface area contributed by atoms with Gasteiger partial charge in [-0.15, -0.1) is 5.10 Å². The summed E-state index contributed by atoms with van der Waals surface area (Å²) in [7, 11) is 1.24. The summed E-state index contributed by atoms with van der Waals surface area (Å²) in [6.45, 7) is 9.63. The lowest BCUT2D eigenvalue weighted by Crippen LogP contribution is -2.50. The molecule has 1 aromatic carbocycles. The van der Waals surface area contributed by atoms with E-state index in [1.807, 2.05) is 45.0 Å². The Kier molecular flexibility index (Phi) is 9.48. The second-order valence-corrected chi connectivity index (χ2v) is 10.00. The number of hydrogen-bond donors (Lipinski definition) is 1. The highest BCUT2D eigenvalue weighted by Gasteiger charge is 2.26. The number of carbonyl (C=O) groups excluding carboxylic acids is 3. The highest BCUT2D eigenvalue weighted by atomic mass is 32.2. The Labute approximate surface area is 214 Å². The number of methoxy groups -OCH3 is 1. The highest BCUT2D eigenvalue weighted by molar-refractivity contribution is 8.18. The molecule has 2 aliphatic heterocycles. The number of amides is 2. The molecule has 12 heteroatoms. The third-order valence-electron chi connectivity index (χ3n) is 5.01. The second kappa shape index (κ2) is 12.5. The minimum atomic E-state index is -0.614. The van der Waals surface area contributed by atoms with Crippen LogP contribution in [-0.2, 0) is 19.1 Å². The van der Waals surface area contributed by atoms with E-state index in [2.05, 4.69) is 25.2 Å². The van der Waals surface area contributed by atoms with Gasteiger partial charge in [0.1, 0.15) is 18.0 Å². The minimum absolute atomic E-state index is 0.192. The summed E-state index contributed by atoms with van der Waals surface area (Å²) in [4.78, 5) is 39.5. The van der Waals surface area contributed by atoms with Crippen LogP contribution in [0.3, 0.4) is 0 Å². The Bertz CT molecular complexity index is 1060. The third-order valence-corrected chi connectivity index (χ3v) is 5.91. The van der Waals surface area contributed by atoms with Crippen LogP contribution in [0.2, 0.25) is 0 Å². The Hall–Kier alpha value is -3.38. The van der Waals surface area contributed by atoms with E-state index in [1.165, 1.54) is 7.11 Å². The number of esters is 1. The zero-order valence-corrected chi connectivity index (χ0v) is 21.7. The van der Waals surface area contributed by atoms with Gasteiger partial charge in [0.25, 0.3) is 5.91 Å². The summed E-state index contributed by atoms with van der Waals surface area (Å²) in [6, 6.07) is 7.41. The van der Waals surface area contributed by atoms with Gasteiger partial charge in [0, 0.05) is 38.8 Å². The van der Waals surface area contributed by atoms with E-state index >= 15 is 0 Å². The van der Waals surface area contributed by atoms with Crippen LogP contribution in [0, 0.1) is 0 Å². The fourth-order valence-corrected chi connectivity index (χ4v) is 3.99. The molecule has 11 nitrogen and oxygen atoms in total. The molecule has 0 spiro atoms. The molecule has 3 rings (SSSR count). The van der Waals surface area contributed by atoms with Crippen molar-refractivity contribution in [2.24, 2.45) is 10.2 Å². The summed E-state index contributed by atoms with van der Waals surface area (Å²) < 4.78 is 15.8. The third kappa shape index (κ3) is 8.68. The van der Waals surface area contributed by atoms with Gasteiger partial charge in [0.15, 0.2) is 5.17 Å². The fraction of sp³-hybridized carbons (Fsp3) is 0.458. The van der Waals surface area contributed by atoms with Crippen molar-refractivity contribution in [3.8, 4) is 5.75 Å². The fourth-order valence-electron chi connectivity index (χ4n) is 3.25. The number of ether oxygens (including phenoxy) is 3. The van der Waals surface area contributed by atoms with Crippen molar-refractivity contribution in [1.82, 2.24) is 15.1 Å². The maximum atomic E-state index is 12.2. The Balaban J connectivity index is 1.43. The number of nitrogens with one attached hydrogen (secondary N) is 1. The Morgan fingerprint density at radius 3 is 2.64 bits per heavy atom. The predicted molar refractivity (Wildman–Crippen MR) is 137 cm³/mol. The lowest BCUT2D eigenvalue weighted by atomic mass is 10.2. The SMILES string of the molecule is COC(=O)/C=C1/S/C(=N\N=Cc2cccc(OCCN3CCN(C(=O)OC(C)(C)C)CC3)c2)NC1=O. The lowest BCUT2D eigenvalue weighted by Gasteiger charge is -2.35. The second-order valence-electron chi connectivity index (χ2n) is 8.97. The van der Waals surface area contributed by atoms with Crippen LogP contribution in [0.25, 0.3) is 0 Å². The zero-order chi connectivity index (χ0) is 26.1. The number of hydrogen-bond acceptors (Lipinski definition) is 10. The first kappa shape index (κ1) is 27.2. The maximum absolute atomic E-state index is 12.2. The molecule has 36 heavy (non-hydrogen) atoms. The molecule has 0 saturated carbocycles. The van der Waals surface area contributed by atoms with Crippen LogP contribution < -0.4 is 10.1 Å². The van der Waals surface area contributed by atoms with Crippen molar-refractivity contribution in [3.63, 3.8) is 0 Å². The van der Waals surface area contributed by atoms with E-state index in [9.17, 15) is 14.4 Å². The number of nitrogens with zero attached hydrogens (tertiary/aromatic N) is 4. The zero-order valence-electron chi connectivity index (χ0n) is 20.9. The number of amidine groups is 1. The van der Waals surface area contributed by atoms with Gasteiger partial charge in [0.05, 0.1) is 18.2 Å². The van der Waals surface area contributed by atoms with Crippen LogP contribution >= 0.6 is 11.8 Å². The van der Waals surface area contributed by atoms with Crippen molar-refractivity contribution in [2.75, 3.05) is 46.4 Å². The van der Waals surface area contributed by atoms with Crippen LogP contribution in [0.5, 0.6) is 5.75 Å². The molecule has 0 aliphatic carbocycles. The van der Waals surface area contributed by atoms with Gasteiger partial charge in [-0.2, -0.15) is 5.10 Å². The molecule has 0 bridgehead atoms. The van der Waals surface area contributed by atoms with Gasteiger partial charge < -0.3 is 19.1 Å². The molecular formula is C24H31N5O6S. The van der Waals surface area contributed by atoms with E-state index < -0.39 is 17.5 Å². The number of carbonyl (C=O) groups is 3. The van der Waals surface area contributed by atoms with E-state index in [-0.39, 0.29) is 16.2 Å². The van der Waals surface area contributed by atoms with Crippen LogP contribution in [-0.4, -0.2) is 91.2 Å². The molecule has 2 amide bonds. The smallest absolute Gasteiger partial charge is 0.410 e. The summed E-state index contributed by atoms with van der Waals surface area (Å²) in [5.74, 6) is -0.343. The first-order chi connectivity index (χ1) is 17.1. The van der Waals surface area contributed by atoms with Crippen LogP contribution in [0.15, 0.2) is 45.4 Å². The average Bonchev–Trinajstić information content (AvgIpc) is 3.17. The average molecular weight is 518 g/mol. The molecule has 0 radical (unpaired) electrons. The Morgan fingerprint density at radius 2 is 1.94 bits per heavy atom. The first-order valence-corrected chi connectivity index (χ1v) is 12.3. The lowest BCUT2D eigenvalue weighted by molar-refractivity contribution is -0.135. The Morgan fingerprint density at radius 1 is 1.19 bits per heavy atom. The van der Waals surface area contributed by atoms with Crippen molar-refractivity contribution in [2.45, 2.75) is 26.4 Å². The molecule has 2 saturated heterocycles. The molecule has 2 fully saturated rings. The molecule has 0 aromatic heterocycles. The normalized spacial score (nSPS) is 19.1. The van der Waals surface area contributed by atoms with E-state index in [4.69, 9.17) is 9.47 Å². The summed E-state index contributed by atoms with van der Waals surface area (Å²) in [5, 5.41) is 10.8. The number of thioether (sulfide) groups is 1. The van der Waals surface area contributed by atoms with Gasteiger partial charge in [-0.1, -0.05) is 12.1 Å². The van der Waals surface area contributed by atoms with Crippen LogP contribution in [0.1, 0.15) is 26.3 Å². The largest absolute Gasteiger partial charge is 0.492 e. The highest BCUT2D eigenvalue weighted by Crippen LogP contribution is 2.23. The molecular weight excluding hydrogens is 486 g/mol. The summed E-state index contributed by atoms with van der Waals surface area (Å²) >= 11 is 1.01. The first-order valence-electron chi connectivity index (χ1n) is 11.5. The van der Waals surface area contributed by atoms with Crippen molar-refractivity contribution < 1.29 is 28.6 Å². The van der Waals surface area contributed by atoms with E-state index in [1.54, 1.807) is 11.1 Å². The van der Waals surface area contributed by atoms with E-state index in [0.717, 1.165) is 43.0 Å². The predicted octanol–water partition coefficient (Wildman–Crippen LogP) is 2.23. The van der Waals surface area contributed by atoms with Gasteiger partial charge in [-0.05, 0) is 50.2 Å². The molecule has 2 heterocycles. The van der Waals surface area contributed by atoms with Crippen molar-refractivity contribution in [3.05, 3.63) is 40.8 Å². The molecule has 2 aliphatic rings. The topological polar surface area (TPSA) is 122 Å². The maximum Gasteiger partial charge on any atom is 0.410 e. The quantitative estimate of drug-likeness (QED) is 0.253. The number of piperazine rings is 1. The standard InChI is InChI=1S/C24H31N5O6S/c1-24(2,3)35-23(32)29-10-8-28(9-11-29)12-13-34-18-7-5-6-17(14-18)16-25-27-22-26-21(31)19(36-22)15-20(30)33-4/h5-7,14-16H,8-13H2,1-4H3,(H,26,27,31)/b19-15+,25-16?. The van der Waals surface area contributed by atoms with E-state index in [0.29, 0.717) is 25.4 Å². The molecule has 1 N–H and O–H groups in total. The molecule has 0 unspecified atom stereocenters. The number of rotatable bonds is 7. The molecule has 1 aromatic rings. The van der Waals surface area contributed by atoms with Gasteiger partial charge in [0.2, 0.25) is 0 Å². The van der Waals surface area contributed by atoms with Gasteiger partial charge in [-0.3, -0.25) is 15.0 Å². The summed E-state index contributed by atoms with van der Waals surface area (Å²) in [5.41, 5.74) is 0.286. The molecule has 0 atom stereocenters. The van der Waals surface area contributed by atoms with Gasteiger partial charge >= 0.3 is 12.1 Å². The van der Waals surface area contributed by atoms with Crippen molar-refractivity contribution in [1.29, 1.82) is 0 Å². The summed E-state index contributed by atoms with van der Waals surface area (Å²) in [6.07, 6.45) is 2.38.